The monoisotopic (exact) mass is 712 g/mol. The molecule has 262 valence electrons. The number of para-hydroxylation sites is 1. The lowest BCUT2D eigenvalue weighted by atomic mass is 9.92. The van der Waals surface area contributed by atoms with Crippen LogP contribution in [0.5, 0.6) is 0 Å². The minimum Gasteiger partial charge on any atom is -0.228 e. The third kappa shape index (κ3) is 6.34. The molecule has 0 fully saturated rings. The van der Waals surface area contributed by atoms with E-state index in [1.54, 1.807) is 0 Å². The van der Waals surface area contributed by atoms with Gasteiger partial charge in [0.2, 0.25) is 0 Å². The van der Waals surface area contributed by atoms with E-state index in [1.165, 1.54) is 49.7 Å². The van der Waals surface area contributed by atoms with Crippen LogP contribution in [0, 0.1) is 0 Å². The standard InChI is InChI=1S/C54H36N2/c1-4-16-37(17-5-1)44-34-45(38-18-6-2-7-19-38)36-46(35-44)42-24-14-22-40(32-42)41-23-15-25-43(33-41)54-55-52-29-13-12-28-51(52)53(56-54)50-31-30-47(39-20-8-3-9-21-39)48-26-10-11-27-49(48)50/h1-36H. The quantitative estimate of drug-likeness (QED) is 0.164. The Labute approximate surface area is 327 Å². The molecule has 10 aromatic rings. The Kier molecular flexibility index (Phi) is 8.55. The van der Waals surface area contributed by atoms with E-state index in [4.69, 9.17) is 9.97 Å². The van der Waals surface area contributed by atoms with E-state index in [0.717, 1.165) is 44.4 Å². The van der Waals surface area contributed by atoms with Gasteiger partial charge < -0.3 is 0 Å². The summed E-state index contributed by atoms with van der Waals surface area (Å²) in [6.07, 6.45) is 0. The van der Waals surface area contributed by atoms with Crippen molar-refractivity contribution in [2.24, 2.45) is 0 Å². The minimum atomic E-state index is 0.705. The number of fused-ring (bicyclic) bond motifs is 2. The maximum atomic E-state index is 5.36. The average molecular weight is 713 g/mol. The van der Waals surface area contributed by atoms with Crippen molar-refractivity contribution >= 4 is 21.7 Å². The Morgan fingerprint density at radius 1 is 0.232 bits per heavy atom. The Hall–Kier alpha value is -7.42. The second-order valence-electron chi connectivity index (χ2n) is 14.2. The summed E-state index contributed by atoms with van der Waals surface area (Å²) < 4.78 is 0. The third-order valence-corrected chi connectivity index (χ3v) is 10.7. The van der Waals surface area contributed by atoms with Crippen molar-refractivity contribution in [2.45, 2.75) is 0 Å². The molecule has 2 nitrogen and oxygen atoms in total. The molecule has 0 N–H and O–H groups in total. The first kappa shape index (κ1) is 33.2. The zero-order valence-electron chi connectivity index (χ0n) is 30.7. The lowest BCUT2D eigenvalue weighted by molar-refractivity contribution is 1.23. The highest BCUT2D eigenvalue weighted by Crippen LogP contribution is 2.39. The van der Waals surface area contributed by atoms with Crippen LogP contribution in [0.1, 0.15) is 0 Å². The normalized spacial score (nSPS) is 11.2. The molecular formula is C54H36N2. The molecule has 0 saturated heterocycles. The fourth-order valence-corrected chi connectivity index (χ4v) is 7.89. The Morgan fingerprint density at radius 2 is 0.625 bits per heavy atom. The van der Waals surface area contributed by atoms with E-state index in [0.29, 0.717) is 5.82 Å². The first-order valence-electron chi connectivity index (χ1n) is 19.1. The van der Waals surface area contributed by atoms with E-state index < -0.39 is 0 Å². The summed E-state index contributed by atoms with van der Waals surface area (Å²) in [5.74, 6) is 0.705. The van der Waals surface area contributed by atoms with Crippen LogP contribution in [0.25, 0.3) is 100.0 Å². The first-order valence-corrected chi connectivity index (χ1v) is 19.1. The molecular weight excluding hydrogens is 677 g/mol. The molecule has 0 atom stereocenters. The van der Waals surface area contributed by atoms with Crippen LogP contribution in [0.2, 0.25) is 0 Å². The average Bonchev–Trinajstić information content (AvgIpc) is 3.29. The summed E-state index contributed by atoms with van der Waals surface area (Å²) in [7, 11) is 0. The van der Waals surface area contributed by atoms with Crippen molar-refractivity contribution < 1.29 is 0 Å². The molecule has 0 spiro atoms. The van der Waals surface area contributed by atoms with Gasteiger partial charge in [-0.3, -0.25) is 0 Å². The molecule has 9 aromatic carbocycles. The van der Waals surface area contributed by atoms with Gasteiger partial charge in [0.25, 0.3) is 0 Å². The molecule has 0 unspecified atom stereocenters. The van der Waals surface area contributed by atoms with Gasteiger partial charge in [-0.1, -0.05) is 182 Å². The van der Waals surface area contributed by atoms with Gasteiger partial charge in [-0.25, -0.2) is 9.97 Å². The number of aromatic nitrogens is 2. The van der Waals surface area contributed by atoms with E-state index in [2.05, 4.69) is 218 Å². The van der Waals surface area contributed by atoms with Crippen LogP contribution in [-0.4, -0.2) is 9.97 Å². The molecule has 0 radical (unpaired) electrons. The van der Waals surface area contributed by atoms with Crippen LogP contribution in [-0.2, 0) is 0 Å². The molecule has 10 rings (SSSR count). The van der Waals surface area contributed by atoms with Gasteiger partial charge in [0, 0.05) is 16.5 Å². The van der Waals surface area contributed by atoms with E-state index in [9.17, 15) is 0 Å². The van der Waals surface area contributed by atoms with Gasteiger partial charge >= 0.3 is 0 Å². The molecule has 0 amide bonds. The lowest BCUT2D eigenvalue weighted by Gasteiger charge is -2.15. The van der Waals surface area contributed by atoms with Crippen molar-refractivity contribution in [3.8, 4) is 78.3 Å². The SMILES string of the molecule is c1ccc(-c2cc(-c3ccccc3)cc(-c3cccc(-c4cccc(-c5nc(-c6ccc(-c7ccccc7)c7ccccc67)c6ccccc6n5)c4)c3)c2)cc1. The van der Waals surface area contributed by atoms with Crippen LogP contribution in [0.15, 0.2) is 218 Å². The molecule has 1 aromatic heterocycles. The highest BCUT2D eigenvalue weighted by atomic mass is 14.9. The zero-order chi connectivity index (χ0) is 37.3. The minimum absolute atomic E-state index is 0.705. The highest BCUT2D eigenvalue weighted by Gasteiger charge is 2.16. The molecule has 0 saturated carbocycles. The van der Waals surface area contributed by atoms with Gasteiger partial charge in [0.05, 0.1) is 11.2 Å². The second-order valence-corrected chi connectivity index (χ2v) is 14.2. The molecule has 0 aliphatic heterocycles. The Bertz CT molecular complexity index is 2950. The van der Waals surface area contributed by atoms with Gasteiger partial charge in [0.1, 0.15) is 0 Å². The number of hydrogen-bond acceptors (Lipinski definition) is 2. The largest absolute Gasteiger partial charge is 0.228 e. The summed E-state index contributed by atoms with van der Waals surface area (Å²) in [5.41, 5.74) is 15.7. The smallest absolute Gasteiger partial charge is 0.160 e. The number of hydrogen-bond donors (Lipinski definition) is 0. The highest BCUT2D eigenvalue weighted by molar-refractivity contribution is 6.08. The first-order chi connectivity index (χ1) is 27.7. The Balaban J connectivity index is 1.07. The fraction of sp³-hybridized carbons (Fsp3) is 0. The summed E-state index contributed by atoms with van der Waals surface area (Å²) in [4.78, 5) is 10.5. The van der Waals surface area contributed by atoms with Crippen molar-refractivity contribution in [1.82, 2.24) is 9.97 Å². The predicted octanol–water partition coefficient (Wildman–Crippen LogP) is 14.5. The Morgan fingerprint density at radius 3 is 1.23 bits per heavy atom. The summed E-state index contributed by atoms with van der Waals surface area (Å²) in [6, 6.07) is 77.7. The fourth-order valence-electron chi connectivity index (χ4n) is 7.89. The molecule has 56 heavy (non-hydrogen) atoms. The molecule has 0 aliphatic carbocycles. The third-order valence-electron chi connectivity index (χ3n) is 10.7. The van der Waals surface area contributed by atoms with Gasteiger partial charge in [-0.15, -0.1) is 0 Å². The number of rotatable bonds is 7. The van der Waals surface area contributed by atoms with E-state index in [1.807, 2.05) is 0 Å². The molecule has 1 heterocycles. The molecule has 2 heteroatoms. The lowest BCUT2D eigenvalue weighted by Crippen LogP contribution is -1.96. The topological polar surface area (TPSA) is 25.8 Å². The van der Waals surface area contributed by atoms with Crippen LogP contribution >= 0.6 is 0 Å². The van der Waals surface area contributed by atoms with Crippen LogP contribution < -0.4 is 0 Å². The molecule has 0 bridgehead atoms. The van der Waals surface area contributed by atoms with Gasteiger partial charge in [-0.05, 0) is 103 Å². The summed E-state index contributed by atoms with van der Waals surface area (Å²) in [5, 5.41) is 3.40. The van der Waals surface area contributed by atoms with Crippen molar-refractivity contribution in [1.29, 1.82) is 0 Å². The van der Waals surface area contributed by atoms with Crippen molar-refractivity contribution in [3.05, 3.63) is 218 Å². The van der Waals surface area contributed by atoms with E-state index >= 15 is 0 Å². The summed E-state index contributed by atoms with van der Waals surface area (Å²) >= 11 is 0. The number of benzene rings is 9. The van der Waals surface area contributed by atoms with Crippen molar-refractivity contribution in [2.75, 3.05) is 0 Å². The number of nitrogens with zero attached hydrogens (tertiary/aromatic N) is 2. The summed E-state index contributed by atoms with van der Waals surface area (Å²) in [6.45, 7) is 0. The van der Waals surface area contributed by atoms with Gasteiger partial charge in [0.15, 0.2) is 5.82 Å². The maximum absolute atomic E-state index is 5.36. The van der Waals surface area contributed by atoms with Crippen LogP contribution in [0.4, 0.5) is 0 Å². The molecule has 0 aliphatic rings. The predicted molar refractivity (Wildman–Crippen MR) is 235 cm³/mol. The van der Waals surface area contributed by atoms with Crippen molar-refractivity contribution in [3.63, 3.8) is 0 Å². The maximum Gasteiger partial charge on any atom is 0.160 e. The van der Waals surface area contributed by atoms with Crippen LogP contribution in [0.3, 0.4) is 0 Å². The van der Waals surface area contributed by atoms with E-state index in [-0.39, 0.29) is 0 Å². The van der Waals surface area contributed by atoms with Gasteiger partial charge in [-0.2, -0.15) is 0 Å². The second kappa shape index (κ2) is 14.4. The zero-order valence-corrected chi connectivity index (χ0v) is 30.7.